The summed E-state index contributed by atoms with van der Waals surface area (Å²) in [5.41, 5.74) is 41.0. The quantitative estimate of drug-likeness (QED) is 0.135. The molecule has 0 nitrogen and oxygen atoms in total. The molecule has 0 N–H and O–H groups in total. The molecule has 268 valence electrons. The molecule has 12 bridgehead atoms. The van der Waals surface area contributed by atoms with E-state index in [1.165, 1.54) is 12.8 Å². The van der Waals surface area contributed by atoms with Gasteiger partial charge < -0.3 is 0 Å². The normalized spacial score (nSPS) is 39.1. The van der Waals surface area contributed by atoms with E-state index in [0.29, 0.717) is 82.9 Å². The van der Waals surface area contributed by atoms with Gasteiger partial charge in [-0.25, -0.2) is 0 Å². The molecule has 16 aliphatic carbocycles. The first-order valence-electron chi connectivity index (χ1n) is 24.6. The number of allylic oxidation sites excluding steroid dienone is 3. The molecule has 0 amide bonds. The van der Waals surface area contributed by atoms with Crippen LogP contribution in [0.2, 0.25) is 0 Å². The number of rotatable bonds is 0. The molecule has 28 rings (SSSR count). The maximum Gasteiger partial charge on any atom is 0.0215 e. The van der Waals surface area contributed by atoms with Gasteiger partial charge in [-0.1, -0.05) is 13.5 Å². The predicted molar refractivity (Wildman–Crippen MR) is 242 cm³/mol. The second-order valence-corrected chi connectivity index (χ2v) is 25.0. The van der Waals surface area contributed by atoms with Gasteiger partial charge >= 0.3 is 0 Å². The average Bonchev–Trinajstić information content (AvgIpc) is 4.12. The highest BCUT2D eigenvalue weighted by molar-refractivity contribution is 6.61. The molecular weight excluding hydrogens is 733 g/mol. The number of benzene rings is 10. The van der Waals surface area contributed by atoms with E-state index in [4.69, 9.17) is 6.58 Å². The lowest BCUT2D eigenvalue weighted by atomic mass is 9.54. The predicted octanol–water partition coefficient (Wildman–Crippen LogP) is 14.0. The van der Waals surface area contributed by atoms with Gasteiger partial charge in [-0.15, -0.1) is 0 Å². The first-order valence-corrected chi connectivity index (χ1v) is 24.6. The molecule has 0 aromatic heterocycles. The zero-order valence-corrected chi connectivity index (χ0v) is 32.8. The highest BCUT2D eigenvalue weighted by Crippen LogP contribution is 2.89. The summed E-state index contributed by atoms with van der Waals surface area (Å²) in [6.07, 6.45) is 2.57. The van der Waals surface area contributed by atoms with Crippen molar-refractivity contribution in [3.05, 3.63) is 118 Å². The maximum absolute atomic E-state index is 5.53. The molecule has 11 unspecified atom stereocenters. The summed E-state index contributed by atoms with van der Waals surface area (Å²) in [6, 6.07) is 2.95. The number of fused-ring (bicyclic) bond motifs is 5. The van der Waals surface area contributed by atoms with Crippen LogP contribution in [0.3, 0.4) is 0 Å². The summed E-state index contributed by atoms with van der Waals surface area (Å²) in [5.74, 6) is 8.09. The lowest BCUT2D eigenvalue weighted by Gasteiger charge is -2.48. The topological polar surface area (TPSA) is 0 Å². The zero-order chi connectivity index (χ0) is 36.5. The van der Waals surface area contributed by atoms with E-state index in [9.17, 15) is 0 Å². The molecule has 0 saturated carbocycles. The molecule has 0 saturated heterocycles. The molecule has 0 radical (unpaired) electrons. The van der Waals surface area contributed by atoms with Crippen molar-refractivity contribution in [3.63, 3.8) is 0 Å². The minimum absolute atomic E-state index is 0.394. The van der Waals surface area contributed by atoms with Crippen molar-refractivity contribution >= 4 is 124 Å². The van der Waals surface area contributed by atoms with E-state index in [1.807, 2.05) is 122 Å². The second kappa shape index (κ2) is 5.64. The highest BCUT2D eigenvalue weighted by Gasteiger charge is 2.72. The van der Waals surface area contributed by atoms with E-state index < -0.39 is 0 Å². The first kappa shape index (κ1) is 24.1. The molecule has 14 atom stereocenters. The van der Waals surface area contributed by atoms with Crippen LogP contribution >= 0.6 is 0 Å². The maximum atomic E-state index is 5.53. The second-order valence-electron chi connectivity index (χ2n) is 25.0. The van der Waals surface area contributed by atoms with Gasteiger partial charge in [0.15, 0.2) is 0 Å². The van der Waals surface area contributed by atoms with Crippen LogP contribution in [0.15, 0.2) is 12.6 Å². The lowest BCUT2D eigenvalue weighted by Crippen LogP contribution is -2.36. The number of hydrogen-bond acceptors (Lipinski definition) is 0. The summed E-state index contributed by atoms with van der Waals surface area (Å²) in [4.78, 5) is 0. The molecule has 16 aliphatic rings. The smallest absolute Gasteiger partial charge is 0.0215 e. The van der Waals surface area contributed by atoms with Gasteiger partial charge in [0.05, 0.1) is 0 Å². The molecule has 0 fully saturated rings. The van der Waals surface area contributed by atoms with Gasteiger partial charge in [-0.2, -0.15) is 0 Å². The van der Waals surface area contributed by atoms with E-state index in [2.05, 4.69) is 13.0 Å². The van der Waals surface area contributed by atoms with E-state index in [0.717, 1.165) is 0 Å². The van der Waals surface area contributed by atoms with Crippen molar-refractivity contribution in [1.82, 2.24) is 0 Å². The van der Waals surface area contributed by atoms with Crippen LogP contribution in [-0.4, -0.2) is 0 Å². The number of hydrogen-bond donors (Lipinski definition) is 0. The van der Waals surface area contributed by atoms with E-state index in [1.54, 1.807) is 108 Å². The highest BCUT2D eigenvalue weighted by atomic mass is 14.7. The molecule has 0 aliphatic heterocycles. The van der Waals surface area contributed by atoms with E-state index >= 15 is 0 Å². The van der Waals surface area contributed by atoms with Crippen molar-refractivity contribution < 1.29 is 0 Å². The molecule has 0 heteroatoms. The van der Waals surface area contributed by atoms with Gasteiger partial charge in [-0.05, 0) is 296 Å². The van der Waals surface area contributed by atoms with Gasteiger partial charge in [0, 0.05) is 35.5 Å². The fraction of sp³-hybridized carbons (Fsp3) is 0.279. The Morgan fingerprint density at radius 3 is 1.93 bits per heavy atom. The van der Waals surface area contributed by atoms with Crippen molar-refractivity contribution in [2.45, 2.75) is 90.8 Å². The van der Waals surface area contributed by atoms with Crippen LogP contribution in [0.1, 0.15) is 184 Å². The molecular formula is C61H24. The Balaban J connectivity index is 1.16. The Morgan fingerprint density at radius 2 is 1.05 bits per heavy atom. The van der Waals surface area contributed by atoms with Crippen LogP contribution < -0.4 is 0 Å². The summed E-state index contributed by atoms with van der Waals surface area (Å²) in [6.45, 7) is 8.35. The van der Waals surface area contributed by atoms with Crippen LogP contribution in [-0.2, 0) is 12.8 Å². The Hall–Kier alpha value is -5.72. The third-order valence-corrected chi connectivity index (χ3v) is 25.4. The van der Waals surface area contributed by atoms with Gasteiger partial charge in [0.1, 0.15) is 0 Å². The monoisotopic (exact) mass is 756 g/mol. The van der Waals surface area contributed by atoms with Crippen LogP contribution in [0.4, 0.5) is 0 Å². The molecule has 12 aromatic carbocycles. The average molecular weight is 757 g/mol. The third kappa shape index (κ3) is 1.39. The third-order valence-electron chi connectivity index (χ3n) is 25.4. The summed E-state index contributed by atoms with van der Waals surface area (Å²) >= 11 is 0. The molecule has 12 aromatic rings. The van der Waals surface area contributed by atoms with Gasteiger partial charge in [0.25, 0.3) is 0 Å². The Kier molecular flexibility index (Phi) is 2.22. The largest absolute Gasteiger partial charge is 0.0945 e. The van der Waals surface area contributed by atoms with Crippen molar-refractivity contribution in [3.8, 4) is 0 Å². The summed E-state index contributed by atoms with van der Waals surface area (Å²) in [7, 11) is 0. The van der Waals surface area contributed by atoms with E-state index in [-0.39, 0.29) is 0 Å². The van der Waals surface area contributed by atoms with Crippen LogP contribution in [0, 0.1) is 11.8 Å². The fourth-order valence-corrected chi connectivity index (χ4v) is 25.7. The van der Waals surface area contributed by atoms with Gasteiger partial charge in [-0.3, -0.25) is 0 Å². The minimum atomic E-state index is 0.394. The molecule has 61 heavy (non-hydrogen) atoms. The van der Waals surface area contributed by atoms with Crippen molar-refractivity contribution in [1.29, 1.82) is 0 Å². The summed E-state index contributed by atoms with van der Waals surface area (Å²) in [5, 5.41) is 35.7. The molecule has 0 spiro atoms. The van der Waals surface area contributed by atoms with Gasteiger partial charge in [0.2, 0.25) is 0 Å². The summed E-state index contributed by atoms with van der Waals surface area (Å²) < 4.78 is 0. The van der Waals surface area contributed by atoms with Crippen molar-refractivity contribution in [2.75, 3.05) is 0 Å². The Labute approximate surface area is 343 Å². The lowest BCUT2D eigenvalue weighted by molar-refractivity contribution is 0.267. The Morgan fingerprint density at radius 1 is 0.377 bits per heavy atom. The van der Waals surface area contributed by atoms with Crippen molar-refractivity contribution in [2.24, 2.45) is 11.8 Å². The Bertz CT molecular complexity index is 5030. The van der Waals surface area contributed by atoms with Crippen LogP contribution in [0.25, 0.3) is 124 Å². The minimum Gasteiger partial charge on any atom is -0.0945 e. The zero-order valence-electron chi connectivity index (χ0n) is 32.8. The van der Waals surface area contributed by atoms with Crippen LogP contribution in [0.5, 0.6) is 0 Å². The fourth-order valence-electron chi connectivity index (χ4n) is 25.7. The standard InChI is InChI=1S/C61H24/c1-6-14-20-10-3-8-9-4-11-21-15(6)31-29(14)23-12-5-13-24(23)39-44(31)50-38(21)40-27(11)35-19(9)37-36-18(8)34-25(10)28(22(12)20)16-7(2)17-30-26(13)41-47(39)56(50)58-51(40)55-46(35)49(37)57-54-45(33(17)32(16)43(34)48(36)54)53-42(30)52(41)59(58)61(55)60(53)57/h4,7,10,13,15-16,21,25-26,28,34,41,47,56,58H,1,3,5H2,2H3/t7?,10?,13?,15?,16-,21?,25+,26?,28?,34-,41?,47?,56?,58?/m1/s1. The SMILES string of the molecule is C=C1c2c3c4c5c6c7c8c9c(c26)C1C1C2=C9C6C9c%10c2c2c1cc1c%11c%12c%13c%14c%15c%16c%17c(c%18c%19c(c9c9c%10c%10c2c1c%13c%10c1c%14c%17c%19c91)C(C%18C7C5)C86)C(C)[C@@H]%16C4[C@H](C3C%11)[C@@H]%12%15. The first-order chi connectivity index (χ1) is 30.3. The molecule has 0 heterocycles.